The summed E-state index contributed by atoms with van der Waals surface area (Å²) in [6, 6.07) is 0. The number of hydrogen-bond acceptors (Lipinski definition) is 2. The Kier molecular flexibility index (Phi) is 3.59. The van der Waals surface area contributed by atoms with Crippen LogP contribution in [0.5, 0.6) is 0 Å². The molecule has 0 bridgehead atoms. The van der Waals surface area contributed by atoms with Crippen LogP contribution in [0.2, 0.25) is 0 Å². The molecule has 0 saturated carbocycles. The molecule has 1 atom stereocenters. The summed E-state index contributed by atoms with van der Waals surface area (Å²) >= 11 is 0. The molecule has 0 aromatic carbocycles. The Morgan fingerprint density at radius 3 is 2.43 bits per heavy atom. The van der Waals surface area contributed by atoms with Gasteiger partial charge in [0.05, 0.1) is 0 Å². The second kappa shape index (κ2) is 4.19. The number of hydrogen-bond donors (Lipinski definition) is 1. The van der Waals surface area contributed by atoms with E-state index < -0.39 is 0 Å². The normalized spacial score (nSPS) is 33.2. The minimum atomic E-state index is 0.326. The molecule has 0 radical (unpaired) electrons. The summed E-state index contributed by atoms with van der Waals surface area (Å²) in [4.78, 5) is 2.47. The maximum absolute atomic E-state index is 5.97. The number of rotatable bonds is 3. The van der Waals surface area contributed by atoms with Gasteiger partial charge in [0, 0.05) is 5.54 Å². The lowest BCUT2D eigenvalue weighted by Crippen LogP contribution is -2.53. The molecule has 0 spiro atoms. The lowest BCUT2D eigenvalue weighted by atomic mass is 9.68. The first kappa shape index (κ1) is 12.0. The third kappa shape index (κ3) is 2.29. The predicted molar refractivity (Wildman–Crippen MR) is 62.3 cm³/mol. The van der Waals surface area contributed by atoms with E-state index in [0.29, 0.717) is 11.0 Å². The summed E-state index contributed by atoms with van der Waals surface area (Å²) in [5.41, 5.74) is 6.72. The van der Waals surface area contributed by atoms with Crippen LogP contribution in [0.15, 0.2) is 0 Å². The van der Waals surface area contributed by atoms with E-state index in [-0.39, 0.29) is 0 Å². The molecular weight excluding hydrogens is 172 g/mol. The topological polar surface area (TPSA) is 29.3 Å². The lowest BCUT2D eigenvalue weighted by Gasteiger charge is -2.50. The Bertz CT molecular complexity index is 189. The van der Waals surface area contributed by atoms with Crippen molar-refractivity contribution in [2.45, 2.75) is 52.0 Å². The zero-order valence-electron chi connectivity index (χ0n) is 10.3. The molecule has 1 unspecified atom stereocenters. The molecule has 1 heterocycles. The molecule has 0 aromatic rings. The standard InChI is InChI=1S/C12H26N2/c1-5-6-12(10-13)7-8-14(4)11(2,3)9-12/h5-10,13H2,1-4H3. The molecule has 14 heavy (non-hydrogen) atoms. The van der Waals surface area contributed by atoms with Crippen LogP contribution < -0.4 is 5.73 Å². The van der Waals surface area contributed by atoms with Crippen molar-refractivity contribution in [2.75, 3.05) is 20.1 Å². The number of nitrogens with zero attached hydrogens (tertiary/aromatic N) is 1. The summed E-state index contributed by atoms with van der Waals surface area (Å²) in [6.45, 7) is 9.00. The Morgan fingerprint density at radius 1 is 1.36 bits per heavy atom. The van der Waals surface area contributed by atoms with Crippen LogP contribution in [0.4, 0.5) is 0 Å². The second-order valence-corrected chi connectivity index (χ2v) is 5.61. The first-order chi connectivity index (χ1) is 6.46. The van der Waals surface area contributed by atoms with Gasteiger partial charge in [-0.1, -0.05) is 13.3 Å². The Hall–Kier alpha value is -0.0800. The third-order valence-corrected chi connectivity index (χ3v) is 4.03. The molecule has 84 valence electrons. The largest absolute Gasteiger partial charge is 0.330 e. The van der Waals surface area contributed by atoms with E-state index in [4.69, 9.17) is 5.73 Å². The predicted octanol–water partition coefficient (Wildman–Crippen LogP) is 2.24. The highest BCUT2D eigenvalue weighted by Gasteiger charge is 2.40. The molecule has 1 aliphatic rings. The highest BCUT2D eigenvalue weighted by atomic mass is 15.2. The molecule has 2 heteroatoms. The highest BCUT2D eigenvalue weighted by molar-refractivity contribution is 4.96. The van der Waals surface area contributed by atoms with Gasteiger partial charge in [-0.25, -0.2) is 0 Å². The van der Waals surface area contributed by atoms with Crippen LogP contribution in [0.1, 0.15) is 46.5 Å². The first-order valence-electron chi connectivity index (χ1n) is 5.87. The van der Waals surface area contributed by atoms with E-state index in [9.17, 15) is 0 Å². The highest BCUT2D eigenvalue weighted by Crippen LogP contribution is 2.42. The zero-order valence-corrected chi connectivity index (χ0v) is 10.3. The minimum absolute atomic E-state index is 0.326. The Labute approximate surface area is 88.8 Å². The molecule has 0 aliphatic carbocycles. The minimum Gasteiger partial charge on any atom is -0.330 e. The van der Waals surface area contributed by atoms with E-state index >= 15 is 0 Å². The third-order valence-electron chi connectivity index (χ3n) is 4.03. The van der Waals surface area contributed by atoms with Crippen molar-refractivity contribution >= 4 is 0 Å². The molecule has 1 fully saturated rings. The van der Waals surface area contributed by atoms with Crippen LogP contribution in [0.25, 0.3) is 0 Å². The van der Waals surface area contributed by atoms with Crippen LogP contribution in [-0.4, -0.2) is 30.6 Å². The number of likely N-dealkylation sites (tertiary alicyclic amines) is 1. The van der Waals surface area contributed by atoms with Crippen LogP contribution in [0.3, 0.4) is 0 Å². The maximum atomic E-state index is 5.97. The van der Waals surface area contributed by atoms with Crippen LogP contribution >= 0.6 is 0 Å². The van der Waals surface area contributed by atoms with Gasteiger partial charge >= 0.3 is 0 Å². The molecule has 2 N–H and O–H groups in total. The monoisotopic (exact) mass is 198 g/mol. The molecule has 2 nitrogen and oxygen atoms in total. The molecular formula is C12H26N2. The second-order valence-electron chi connectivity index (χ2n) is 5.61. The zero-order chi connectivity index (χ0) is 10.8. The molecule has 1 aliphatic heterocycles. The van der Waals surface area contributed by atoms with Gasteiger partial charge in [0.15, 0.2) is 0 Å². The van der Waals surface area contributed by atoms with Crippen molar-refractivity contribution in [2.24, 2.45) is 11.1 Å². The average Bonchev–Trinajstić information content (AvgIpc) is 2.12. The van der Waals surface area contributed by atoms with Crippen molar-refractivity contribution in [3.8, 4) is 0 Å². The fourth-order valence-electron chi connectivity index (χ4n) is 2.87. The van der Waals surface area contributed by atoms with E-state index in [1.807, 2.05) is 0 Å². The van der Waals surface area contributed by atoms with Gasteiger partial charge in [-0.2, -0.15) is 0 Å². The van der Waals surface area contributed by atoms with Gasteiger partial charge in [0.2, 0.25) is 0 Å². The van der Waals surface area contributed by atoms with Gasteiger partial charge in [-0.3, -0.25) is 0 Å². The van der Waals surface area contributed by atoms with Crippen LogP contribution in [-0.2, 0) is 0 Å². The Balaban J connectivity index is 2.72. The SMILES string of the molecule is CCCC1(CN)CCN(C)C(C)(C)C1. The maximum Gasteiger partial charge on any atom is 0.0155 e. The fraction of sp³-hybridized carbons (Fsp3) is 1.00. The first-order valence-corrected chi connectivity index (χ1v) is 5.87. The number of nitrogens with two attached hydrogens (primary N) is 1. The summed E-state index contributed by atoms with van der Waals surface area (Å²) in [6.07, 6.45) is 5.08. The summed E-state index contributed by atoms with van der Waals surface area (Å²) in [7, 11) is 2.23. The quantitative estimate of drug-likeness (QED) is 0.753. The molecule has 1 saturated heterocycles. The van der Waals surface area contributed by atoms with Gasteiger partial charge in [-0.05, 0) is 58.7 Å². The van der Waals surface area contributed by atoms with Gasteiger partial charge in [0.1, 0.15) is 0 Å². The van der Waals surface area contributed by atoms with Gasteiger partial charge in [0.25, 0.3) is 0 Å². The van der Waals surface area contributed by atoms with E-state index in [1.165, 1.54) is 32.2 Å². The van der Waals surface area contributed by atoms with Gasteiger partial charge in [-0.15, -0.1) is 0 Å². The summed E-state index contributed by atoms with van der Waals surface area (Å²) in [5.74, 6) is 0. The van der Waals surface area contributed by atoms with E-state index in [2.05, 4.69) is 32.7 Å². The van der Waals surface area contributed by atoms with Crippen LogP contribution in [0, 0.1) is 5.41 Å². The molecule has 1 rings (SSSR count). The Morgan fingerprint density at radius 2 is 2.00 bits per heavy atom. The summed E-state index contributed by atoms with van der Waals surface area (Å²) in [5, 5.41) is 0. The fourth-order valence-corrected chi connectivity index (χ4v) is 2.87. The van der Waals surface area contributed by atoms with Crippen molar-refractivity contribution in [3.05, 3.63) is 0 Å². The van der Waals surface area contributed by atoms with E-state index in [1.54, 1.807) is 0 Å². The van der Waals surface area contributed by atoms with Crippen molar-refractivity contribution in [1.29, 1.82) is 0 Å². The van der Waals surface area contributed by atoms with Crippen molar-refractivity contribution in [3.63, 3.8) is 0 Å². The van der Waals surface area contributed by atoms with E-state index in [0.717, 1.165) is 6.54 Å². The summed E-state index contributed by atoms with van der Waals surface area (Å²) < 4.78 is 0. The van der Waals surface area contributed by atoms with Crippen molar-refractivity contribution in [1.82, 2.24) is 4.90 Å². The average molecular weight is 198 g/mol. The van der Waals surface area contributed by atoms with Crippen molar-refractivity contribution < 1.29 is 0 Å². The number of piperidine rings is 1. The lowest BCUT2D eigenvalue weighted by molar-refractivity contribution is 0.0138. The smallest absolute Gasteiger partial charge is 0.0155 e. The van der Waals surface area contributed by atoms with Gasteiger partial charge < -0.3 is 10.6 Å². The molecule has 0 aromatic heterocycles. The molecule has 0 amide bonds.